The summed E-state index contributed by atoms with van der Waals surface area (Å²) in [5.41, 5.74) is 1.86. The molecule has 0 bridgehead atoms. The SMILES string of the molecule is CCn1cc(C(=O)O)c(=O)c2cc(Cl)c(-c3scc(C)[n+]3C)cc21. The van der Waals surface area contributed by atoms with Crippen LogP contribution >= 0.6 is 22.9 Å². The van der Waals surface area contributed by atoms with Gasteiger partial charge in [-0.05, 0) is 19.1 Å². The van der Waals surface area contributed by atoms with Crippen LogP contribution < -0.4 is 10.00 Å². The minimum atomic E-state index is -1.23. The fourth-order valence-electron chi connectivity index (χ4n) is 2.69. The minimum Gasteiger partial charge on any atom is -0.477 e. The summed E-state index contributed by atoms with van der Waals surface area (Å²) in [5, 5.41) is 13.0. The van der Waals surface area contributed by atoms with E-state index >= 15 is 0 Å². The zero-order valence-corrected chi connectivity index (χ0v) is 15.0. The molecule has 2 aromatic heterocycles. The standard InChI is InChI=1S/C17H15ClN2O3S/c1-4-20-7-12(17(22)23)15(21)11-5-13(18)10(6-14(11)20)16-19(3)9(2)8-24-16/h5-8H,4H2,1-3H3/p+1. The summed E-state index contributed by atoms with van der Waals surface area (Å²) in [5.74, 6) is -1.23. The third kappa shape index (κ3) is 2.52. The first-order valence-corrected chi connectivity index (χ1v) is 8.65. The molecular weight excluding hydrogens is 348 g/mol. The number of aromatic nitrogens is 2. The second-order valence-corrected chi connectivity index (χ2v) is 6.82. The van der Waals surface area contributed by atoms with Crippen molar-refractivity contribution in [3.8, 4) is 10.6 Å². The van der Waals surface area contributed by atoms with Crippen LogP contribution in [0, 0.1) is 6.92 Å². The van der Waals surface area contributed by atoms with E-state index in [4.69, 9.17) is 11.6 Å². The molecule has 0 aliphatic rings. The lowest BCUT2D eigenvalue weighted by atomic mass is 10.1. The number of pyridine rings is 1. The number of benzene rings is 1. The van der Waals surface area contributed by atoms with Crippen LogP contribution in [0.5, 0.6) is 0 Å². The first kappa shape index (κ1) is 16.7. The van der Waals surface area contributed by atoms with Gasteiger partial charge >= 0.3 is 5.97 Å². The molecule has 24 heavy (non-hydrogen) atoms. The lowest BCUT2D eigenvalue weighted by Crippen LogP contribution is -2.31. The smallest absolute Gasteiger partial charge is 0.341 e. The molecule has 0 spiro atoms. The van der Waals surface area contributed by atoms with Gasteiger partial charge in [-0.2, -0.15) is 4.57 Å². The highest BCUT2D eigenvalue weighted by Crippen LogP contribution is 2.32. The van der Waals surface area contributed by atoms with E-state index in [1.807, 2.05) is 36.9 Å². The largest absolute Gasteiger partial charge is 0.477 e. The summed E-state index contributed by atoms with van der Waals surface area (Å²) in [4.78, 5) is 23.8. The maximum absolute atomic E-state index is 12.5. The van der Waals surface area contributed by atoms with Crippen LogP contribution in [0.1, 0.15) is 23.0 Å². The highest BCUT2D eigenvalue weighted by Gasteiger charge is 2.21. The van der Waals surface area contributed by atoms with Crippen LogP contribution in [0.4, 0.5) is 0 Å². The normalized spacial score (nSPS) is 11.2. The third-order valence-electron chi connectivity index (χ3n) is 4.15. The molecule has 2 heterocycles. The van der Waals surface area contributed by atoms with E-state index in [0.29, 0.717) is 22.5 Å². The van der Waals surface area contributed by atoms with E-state index in [2.05, 4.69) is 0 Å². The summed E-state index contributed by atoms with van der Waals surface area (Å²) in [6.07, 6.45) is 1.39. The second kappa shape index (κ2) is 6.03. The summed E-state index contributed by atoms with van der Waals surface area (Å²) in [7, 11) is 1.96. The van der Waals surface area contributed by atoms with Gasteiger partial charge in [-0.15, -0.1) is 0 Å². The lowest BCUT2D eigenvalue weighted by molar-refractivity contribution is -0.662. The molecule has 3 rings (SSSR count). The van der Waals surface area contributed by atoms with Crippen molar-refractivity contribution in [2.75, 3.05) is 0 Å². The molecule has 0 unspecified atom stereocenters. The van der Waals surface area contributed by atoms with Gasteiger partial charge in [0.2, 0.25) is 5.43 Å². The Bertz CT molecular complexity index is 1040. The van der Waals surface area contributed by atoms with Crippen molar-refractivity contribution in [3.63, 3.8) is 0 Å². The van der Waals surface area contributed by atoms with Crippen molar-refractivity contribution in [3.05, 3.63) is 50.2 Å². The predicted molar refractivity (Wildman–Crippen MR) is 95.1 cm³/mol. The van der Waals surface area contributed by atoms with Gasteiger partial charge < -0.3 is 9.67 Å². The van der Waals surface area contributed by atoms with Crippen molar-refractivity contribution >= 4 is 39.8 Å². The number of halogens is 1. The predicted octanol–water partition coefficient (Wildman–Crippen LogP) is 3.23. The van der Waals surface area contributed by atoms with Crippen LogP contribution in [0.15, 0.2) is 28.5 Å². The van der Waals surface area contributed by atoms with Gasteiger partial charge in [0.1, 0.15) is 12.6 Å². The number of carboxylic acids is 1. The molecule has 0 atom stereocenters. The molecule has 0 saturated carbocycles. The minimum absolute atomic E-state index is 0.245. The Balaban J connectivity index is 2.40. The fourth-order valence-corrected chi connectivity index (χ4v) is 4.04. The third-order valence-corrected chi connectivity index (χ3v) is 5.63. The Hall–Kier alpha value is -2.18. The second-order valence-electron chi connectivity index (χ2n) is 5.55. The molecule has 3 aromatic rings. The van der Waals surface area contributed by atoms with Crippen molar-refractivity contribution in [1.29, 1.82) is 0 Å². The molecule has 0 amide bonds. The van der Waals surface area contributed by atoms with E-state index in [1.165, 1.54) is 6.20 Å². The molecular formula is C17H16ClN2O3S+. The van der Waals surface area contributed by atoms with Crippen LogP contribution in [0.25, 0.3) is 21.5 Å². The van der Waals surface area contributed by atoms with Crippen molar-refractivity contribution in [2.24, 2.45) is 7.05 Å². The van der Waals surface area contributed by atoms with E-state index in [-0.39, 0.29) is 5.56 Å². The number of hydrogen-bond acceptors (Lipinski definition) is 3. The van der Waals surface area contributed by atoms with Gasteiger partial charge in [-0.3, -0.25) is 4.79 Å². The highest BCUT2D eigenvalue weighted by atomic mass is 35.5. The molecule has 124 valence electrons. The molecule has 1 aromatic carbocycles. The van der Waals surface area contributed by atoms with E-state index in [0.717, 1.165) is 16.3 Å². The maximum atomic E-state index is 12.5. The monoisotopic (exact) mass is 363 g/mol. The van der Waals surface area contributed by atoms with Crippen LogP contribution in [-0.2, 0) is 13.6 Å². The number of nitrogens with zero attached hydrogens (tertiary/aromatic N) is 2. The van der Waals surface area contributed by atoms with Crippen LogP contribution in [-0.4, -0.2) is 15.6 Å². The van der Waals surface area contributed by atoms with E-state index in [9.17, 15) is 14.7 Å². The molecule has 1 N–H and O–H groups in total. The average Bonchev–Trinajstić information content (AvgIpc) is 2.87. The molecule has 5 nitrogen and oxygen atoms in total. The molecule has 0 fully saturated rings. The number of fused-ring (bicyclic) bond motifs is 1. The number of carboxylic acid groups (broad SMARTS) is 1. The van der Waals surface area contributed by atoms with Crippen LogP contribution in [0.2, 0.25) is 5.02 Å². The van der Waals surface area contributed by atoms with Crippen LogP contribution in [0.3, 0.4) is 0 Å². The van der Waals surface area contributed by atoms with E-state index < -0.39 is 11.4 Å². The van der Waals surface area contributed by atoms with Gasteiger partial charge in [0.25, 0.3) is 5.01 Å². The summed E-state index contributed by atoms with van der Waals surface area (Å²) in [6, 6.07) is 3.43. The maximum Gasteiger partial charge on any atom is 0.341 e. The average molecular weight is 364 g/mol. The number of thiazole rings is 1. The van der Waals surface area contributed by atoms with Crippen molar-refractivity contribution in [2.45, 2.75) is 20.4 Å². The van der Waals surface area contributed by atoms with E-state index in [1.54, 1.807) is 22.0 Å². The molecule has 7 heteroatoms. The first-order valence-electron chi connectivity index (χ1n) is 7.39. The molecule has 0 saturated heterocycles. The van der Waals surface area contributed by atoms with Gasteiger partial charge in [-0.1, -0.05) is 22.9 Å². The number of rotatable bonds is 3. The molecule has 0 aliphatic heterocycles. The number of hydrogen-bond donors (Lipinski definition) is 1. The van der Waals surface area contributed by atoms with Gasteiger partial charge in [0.15, 0.2) is 5.69 Å². The lowest BCUT2D eigenvalue weighted by Gasteiger charge is -2.11. The highest BCUT2D eigenvalue weighted by molar-refractivity contribution is 7.12. The first-order chi connectivity index (χ1) is 11.3. The fraction of sp³-hybridized carbons (Fsp3) is 0.235. The van der Waals surface area contributed by atoms with Crippen molar-refractivity contribution in [1.82, 2.24) is 4.57 Å². The summed E-state index contributed by atoms with van der Waals surface area (Å²) >= 11 is 7.99. The number of carbonyl (C=O) groups is 1. The Morgan fingerprint density at radius 2 is 2.12 bits per heavy atom. The quantitative estimate of drug-likeness (QED) is 0.726. The zero-order chi connectivity index (χ0) is 17.6. The Kier molecular flexibility index (Phi) is 4.19. The Morgan fingerprint density at radius 3 is 2.67 bits per heavy atom. The molecule has 0 radical (unpaired) electrons. The van der Waals surface area contributed by atoms with Gasteiger partial charge in [0.05, 0.1) is 21.5 Å². The zero-order valence-electron chi connectivity index (χ0n) is 13.5. The Morgan fingerprint density at radius 1 is 1.42 bits per heavy atom. The number of aryl methyl sites for hydroxylation is 2. The van der Waals surface area contributed by atoms with Gasteiger partial charge in [-0.25, -0.2) is 4.79 Å². The van der Waals surface area contributed by atoms with Crippen molar-refractivity contribution < 1.29 is 14.5 Å². The van der Waals surface area contributed by atoms with Gasteiger partial charge in [0, 0.05) is 25.1 Å². The summed E-state index contributed by atoms with van der Waals surface area (Å²) in [6.45, 7) is 4.46. The summed E-state index contributed by atoms with van der Waals surface area (Å²) < 4.78 is 3.80. The Labute approximate surface area is 147 Å². The topological polar surface area (TPSA) is 63.2 Å². The number of aromatic carboxylic acids is 1. The molecule has 0 aliphatic carbocycles.